The van der Waals surface area contributed by atoms with E-state index in [-0.39, 0.29) is 11.8 Å². The van der Waals surface area contributed by atoms with Crippen molar-refractivity contribution in [1.82, 2.24) is 0 Å². The molecule has 0 N–H and O–H groups in total. The van der Waals surface area contributed by atoms with Crippen molar-refractivity contribution in [1.29, 1.82) is 10.5 Å². The predicted octanol–water partition coefficient (Wildman–Crippen LogP) is 1.47. The van der Waals surface area contributed by atoms with Crippen molar-refractivity contribution >= 4 is 0 Å². The van der Waals surface area contributed by atoms with Gasteiger partial charge in [-0.3, -0.25) is 0 Å². The van der Waals surface area contributed by atoms with Crippen molar-refractivity contribution in [3.63, 3.8) is 0 Å². The molecule has 0 aromatic rings. The third-order valence-corrected chi connectivity index (χ3v) is 2.76. The number of fused-ring (bicyclic) bond motifs is 2. The van der Waals surface area contributed by atoms with Crippen LogP contribution in [0.15, 0.2) is 12.2 Å². The summed E-state index contributed by atoms with van der Waals surface area (Å²) in [4.78, 5) is 0. The molecule has 0 amide bonds. The van der Waals surface area contributed by atoms with Crippen molar-refractivity contribution in [2.75, 3.05) is 0 Å². The van der Waals surface area contributed by atoms with Gasteiger partial charge in [0.05, 0.1) is 24.0 Å². The summed E-state index contributed by atoms with van der Waals surface area (Å²) < 4.78 is 0. The molecule has 0 heterocycles. The van der Waals surface area contributed by atoms with Crippen LogP contribution in [0.5, 0.6) is 0 Å². The third kappa shape index (κ3) is 0.700. The van der Waals surface area contributed by atoms with Crippen molar-refractivity contribution in [3.05, 3.63) is 12.2 Å². The Morgan fingerprint density at radius 1 is 1.00 bits per heavy atom. The first-order valence-electron chi connectivity index (χ1n) is 3.84. The lowest BCUT2D eigenvalue weighted by Crippen LogP contribution is -2.15. The fraction of sp³-hybridized carbons (Fsp3) is 0.556. The molecular formula is C9H8N2. The molecular weight excluding hydrogens is 136 g/mol. The van der Waals surface area contributed by atoms with Crippen LogP contribution in [0.4, 0.5) is 0 Å². The van der Waals surface area contributed by atoms with Crippen LogP contribution in [-0.4, -0.2) is 0 Å². The first-order chi connectivity index (χ1) is 5.36. The van der Waals surface area contributed by atoms with E-state index in [0.717, 1.165) is 6.42 Å². The smallest absolute Gasteiger partial charge is 0.0690 e. The summed E-state index contributed by atoms with van der Waals surface area (Å²) in [7, 11) is 0. The standard InChI is InChI=1S/C9H8N2/c10-4-8-6-1-2-7(3-6)9(8)5-11/h1-2,6-9H,3H2/t6-,7+,8-,9-/m1/s1. The van der Waals surface area contributed by atoms with Gasteiger partial charge in [-0.05, 0) is 18.3 Å². The molecule has 2 heteroatoms. The van der Waals surface area contributed by atoms with Gasteiger partial charge in [-0.15, -0.1) is 0 Å². The number of nitrogens with zero attached hydrogens (tertiary/aromatic N) is 2. The van der Waals surface area contributed by atoms with Gasteiger partial charge in [-0.1, -0.05) is 12.2 Å². The van der Waals surface area contributed by atoms with Gasteiger partial charge in [0.15, 0.2) is 0 Å². The molecule has 0 aliphatic heterocycles. The third-order valence-electron chi connectivity index (χ3n) is 2.76. The maximum Gasteiger partial charge on any atom is 0.0690 e. The molecule has 54 valence electrons. The lowest BCUT2D eigenvalue weighted by Gasteiger charge is -2.14. The normalized spacial score (nSPS) is 45.3. The largest absolute Gasteiger partial charge is 0.198 e. The van der Waals surface area contributed by atoms with E-state index >= 15 is 0 Å². The average Bonchev–Trinajstić information content (AvgIpc) is 2.60. The summed E-state index contributed by atoms with van der Waals surface area (Å²) in [6.45, 7) is 0. The van der Waals surface area contributed by atoms with Crippen LogP contribution in [0, 0.1) is 46.3 Å². The number of allylic oxidation sites excluding steroid dienone is 2. The lowest BCUT2D eigenvalue weighted by atomic mass is 9.85. The second-order valence-corrected chi connectivity index (χ2v) is 3.26. The molecule has 1 fully saturated rings. The maximum absolute atomic E-state index is 8.75. The topological polar surface area (TPSA) is 47.6 Å². The Hall–Kier alpha value is -1.28. The van der Waals surface area contributed by atoms with Crippen molar-refractivity contribution < 1.29 is 0 Å². The molecule has 2 rings (SSSR count). The van der Waals surface area contributed by atoms with Crippen LogP contribution in [0.3, 0.4) is 0 Å². The van der Waals surface area contributed by atoms with E-state index in [1.165, 1.54) is 0 Å². The zero-order chi connectivity index (χ0) is 7.84. The van der Waals surface area contributed by atoms with Gasteiger partial charge in [0.25, 0.3) is 0 Å². The molecule has 4 atom stereocenters. The minimum absolute atomic E-state index is 0.0324. The minimum atomic E-state index is -0.0324. The van der Waals surface area contributed by atoms with Gasteiger partial charge in [-0.25, -0.2) is 0 Å². The molecule has 0 aromatic carbocycles. The zero-order valence-corrected chi connectivity index (χ0v) is 6.07. The van der Waals surface area contributed by atoms with E-state index in [4.69, 9.17) is 10.5 Å². The Morgan fingerprint density at radius 2 is 1.45 bits per heavy atom. The fourth-order valence-corrected chi connectivity index (χ4v) is 2.17. The van der Waals surface area contributed by atoms with Gasteiger partial charge < -0.3 is 0 Å². The molecule has 1 saturated carbocycles. The molecule has 2 aliphatic rings. The van der Waals surface area contributed by atoms with Crippen molar-refractivity contribution in [2.45, 2.75) is 6.42 Å². The molecule has 0 saturated heterocycles. The molecule has 0 aromatic heterocycles. The van der Waals surface area contributed by atoms with E-state index in [2.05, 4.69) is 24.3 Å². The number of hydrogen-bond donors (Lipinski definition) is 0. The van der Waals surface area contributed by atoms with E-state index in [0.29, 0.717) is 11.8 Å². The van der Waals surface area contributed by atoms with Crippen LogP contribution in [0.1, 0.15) is 6.42 Å². The SMILES string of the molecule is N#C[C@H]1[C@H](C#N)[C@H]2C=C[C@@H]1C2. The minimum Gasteiger partial charge on any atom is -0.198 e. The fourth-order valence-electron chi connectivity index (χ4n) is 2.17. The Kier molecular flexibility index (Phi) is 1.23. The summed E-state index contributed by atoms with van der Waals surface area (Å²) in [5, 5.41) is 17.5. The van der Waals surface area contributed by atoms with E-state index in [9.17, 15) is 0 Å². The predicted molar refractivity (Wildman–Crippen MR) is 38.9 cm³/mol. The summed E-state index contributed by atoms with van der Waals surface area (Å²) in [6, 6.07) is 4.45. The van der Waals surface area contributed by atoms with Gasteiger partial charge in [0, 0.05) is 0 Å². The number of nitriles is 2. The highest BCUT2D eigenvalue weighted by molar-refractivity contribution is 5.22. The van der Waals surface area contributed by atoms with Gasteiger partial charge in [-0.2, -0.15) is 10.5 Å². The molecule has 2 bridgehead atoms. The lowest BCUT2D eigenvalue weighted by molar-refractivity contribution is 0.468. The Balaban J connectivity index is 2.32. The highest BCUT2D eigenvalue weighted by Gasteiger charge is 2.44. The van der Waals surface area contributed by atoms with E-state index in [1.54, 1.807) is 0 Å². The van der Waals surface area contributed by atoms with Crippen molar-refractivity contribution in [3.8, 4) is 12.1 Å². The van der Waals surface area contributed by atoms with Gasteiger partial charge in [0.2, 0.25) is 0 Å². The van der Waals surface area contributed by atoms with Crippen LogP contribution in [-0.2, 0) is 0 Å². The first-order valence-corrected chi connectivity index (χ1v) is 3.84. The highest BCUT2D eigenvalue weighted by atomic mass is 14.5. The summed E-state index contributed by atoms with van der Waals surface area (Å²) in [5.74, 6) is 0.675. The Bertz CT molecular complexity index is 251. The van der Waals surface area contributed by atoms with Gasteiger partial charge >= 0.3 is 0 Å². The summed E-state index contributed by atoms with van der Waals surface area (Å²) >= 11 is 0. The quantitative estimate of drug-likeness (QED) is 0.483. The summed E-state index contributed by atoms with van der Waals surface area (Å²) in [6.07, 6.45) is 5.20. The second-order valence-electron chi connectivity index (χ2n) is 3.26. The average molecular weight is 144 g/mol. The number of hydrogen-bond acceptors (Lipinski definition) is 2. The van der Waals surface area contributed by atoms with Crippen LogP contribution in [0.25, 0.3) is 0 Å². The molecule has 2 aliphatic carbocycles. The van der Waals surface area contributed by atoms with Crippen LogP contribution in [0.2, 0.25) is 0 Å². The van der Waals surface area contributed by atoms with Crippen molar-refractivity contribution in [2.24, 2.45) is 23.7 Å². The van der Waals surface area contributed by atoms with E-state index < -0.39 is 0 Å². The molecule has 0 spiro atoms. The van der Waals surface area contributed by atoms with Crippen LogP contribution < -0.4 is 0 Å². The first kappa shape index (κ1) is 6.43. The molecule has 2 nitrogen and oxygen atoms in total. The number of rotatable bonds is 0. The zero-order valence-electron chi connectivity index (χ0n) is 6.07. The second kappa shape index (κ2) is 2.10. The monoisotopic (exact) mass is 144 g/mol. The maximum atomic E-state index is 8.75. The molecule has 0 unspecified atom stereocenters. The molecule has 0 radical (unpaired) electrons. The summed E-state index contributed by atoms with van der Waals surface area (Å²) in [5.41, 5.74) is 0. The van der Waals surface area contributed by atoms with E-state index in [1.807, 2.05) is 0 Å². The molecule has 11 heavy (non-hydrogen) atoms. The Labute approximate surface area is 65.7 Å². The highest BCUT2D eigenvalue weighted by Crippen LogP contribution is 2.47. The van der Waals surface area contributed by atoms with Gasteiger partial charge in [0.1, 0.15) is 0 Å². The van der Waals surface area contributed by atoms with Crippen LogP contribution >= 0.6 is 0 Å². The Morgan fingerprint density at radius 3 is 1.82 bits per heavy atom.